The number of rotatable bonds is 4. The number of halogens is 1. The van der Waals surface area contributed by atoms with Crippen LogP contribution < -0.4 is 4.90 Å². The highest BCUT2D eigenvalue weighted by molar-refractivity contribution is 7.89. The number of nitrogens with one attached hydrogen (secondary N) is 1. The Morgan fingerprint density at radius 1 is 1.07 bits per heavy atom. The Morgan fingerprint density at radius 2 is 1.76 bits per heavy atom. The third-order valence-electron chi connectivity index (χ3n) is 5.09. The lowest BCUT2D eigenvalue weighted by Gasteiger charge is -2.35. The molecule has 1 aliphatic rings. The van der Waals surface area contributed by atoms with E-state index >= 15 is 0 Å². The van der Waals surface area contributed by atoms with Gasteiger partial charge >= 0.3 is 0 Å². The summed E-state index contributed by atoms with van der Waals surface area (Å²) in [6.07, 6.45) is 0. The van der Waals surface area contributed by atoms with Crippen molar-refractivity contribution in [3.8, 4) is 11.5 Å². The van der Waals surface area contributed by atoms with Gasteiger partial charge in [0.2, 0.25) is 10.0 Å². The fourth-order valence-electron chi connectivity index (χ4n) is 3.74. The summed E-state index contributed by atoms with van der Waals surface area (Å²) < 4.78 is 47.6. The number of H-pyrrole nitrogens is 1. The highest BCUT2D eigenvalue weighted by Crippen LogP contribution is 2.35. The number of aryl methyl sites for hydroxylation is 3. The van der Waals surface area contributed by atoms with Crippen molar-refractivity contribution < 1.29 is 17.3 Å². The zero-order valence-electron chi connectivity index (χ0n) is 16.4. The third-order valence-corrected chi connectivity index (χ3v) is 7.16. The molecule has 0 radical (unpaired) electrons. The van der Waals surface area contributed by atoms with E-state index in [0.29, 0.717) is 41.6 Å². The van der Waals surface area contributed by atoms with Gasteiger partial charge in [-0.1, -0.05) is 17.3 Å². The average molecular weight is 419 g/mol. The number of benzene rings is 1. The number of aromatic amines is 1. The van der Waals surface area contributed by atoms with Crippen molar-refractivity contribution in [2.24, 2.45) is 0 Å². The lowest BCUT2D eigenvalue weighted by atomic mass is 10.2. The van der Waals surface area contributed by atoms with E-state index in [1.807, 2.05) is 4.90 Å². The van der Waals surface area contributed by atoms with Crippen LogP contribution in [0.25, 0.3) is 11.5 Å². The molecule has 0 atom stereocenters. The van der Waals surface area contributed by atoms with Crippen LogP contribution in [0.5, 0.6) is 0 Å². The smallest absolute Gasteiger partial charge is 0.261 e. The second-order valence-corrected chi connectivity index (χ2v) is 8.94. The molecular weight excluding hydrogens is 397 g/mol. The largest absolute Gasteiger partial charge is 0.367 e. The first-order valence-electron chi connectivity index (χ1n) is 9.28. The highest BCUT2D eigenvalue weighted by Gasteiger charge is 2.35. The summed E-state index contributed by atoms with van der Waals surface area (Å²) in [5.74, 6) is 0.294. The average Bonchev–Trinajstić information content (AvgIpc) is 3.24. The van der Waals surface area contributed by atoms with Gasteiger partial charge in [0, 0.05) is 37.6 Å². The van der Waals surface area contributed by atoms with E-state index in [1.54, 1.807) is 39.0 Å². The number of nitrogens with zero attached hydrogens (tertiary/aromatic N) is 4. The molecule has 3 heterocycles. The van der Waals surface area contributed by atoms with Gasteiger partial charge in [0.15, 0.2) is 5.82 Å². The van der Waals surface area contributed by atoms with Gasteiger partial charge in [0.25, 0.3) is 5.89 Å². The first-order chi connectivity index (χ1) is 13.8. The molecule has 8 nitrogen and oxygen atoms in total. The summed E-state index contributed by atoms with van der Waals surface area (Å²) in [7, 11) is -3.80. The van der Waals surface area contributed by atoms with Gasteiger partial charge in [0.1, 0.15) is 10.7 Å². The molecule has 4 rings (SSSR count). The Hall–Kier alpha value is -2.72. The predicted octanol–water partition coefficient (Wildman–Crippen LogP) is 2.64. The topological polar surface area (TPSA) is 95.3 Å². The van der Waals surface area contributed by atoms with Crippen molar-refractivity contribution in [3.63, 3.8) is 0 Å². The maximum atomic E-state index is 14.1. The molecule has 0 aliphatic carbocycles. The van der Waals surface area contributed by atoms with Crippen molar-refractivity contribution in [1.82, 2.24) is 19.4 Å². The third kappa shape index (κ3) is 3.42. The van der Waals surface area contributed by atoms with Gasteiger partial charge in [-0.05, 0) is 32.9 Å². The minimum absolute atomic E-state index is 0.151. The number of piperazine rings is 1. The van der Waals surface area contributed by atoms with Gasteiger partial charge in [-0.2, -0.15) is 9.29 Å². The summed E-state index contributed by atoms with van der Waals surface area (Å²) >= 11 is 0. The Bertz CT molecular complexity index is 1150. The van der Waals surface area contributed by atoms with E-state index in [9.17, 15) is 12.8 Å². The predicted molar refractivity (Wildman–Crippen MR) is 106 cm³/mol. The van der Waals surface area contributed by atoms with Crippen LogP contribution in [0.4, 0.5) is 10.1 Å². The maximum Gasteiger partial charge on any atom is 0.261 e. The van der Waals surface area contributed by atoms with E-state index in [0.717, 1.165) is 0 Å². The standard InChI is InChI=1S/C19H22FN5O3S/c1-12-17(19-22-14(3)23-28-19)18(13(2)21-12)29(26,27)25-10-8-24(9-11-25)16-7-5-4-6-15(16)20/h4-7,21H,8-11H2,1-3H3. The molecule has 29 heavy (non-hydrogen) atoms. The molecule has 1 N–H and O–H groups in total. The zero-order valence-corrected chi connectivity index (χ0v) is 17.3. The van der Waals surface area contributed by atoms with Crippen LogP contribution in [0.2, 0.25) is 0 Å². The van der Waals surface area contributed by atoms with Crippen LogP contribution in [0, 0.1) is 26.6 Å². The minimum atomic E-state index is -3.80. The number of para-hydroxylation sites is 1. The van der Waals surface area contributed by atoms with Gasteiger partial charge in [-0.3, -0.25) is 0 Å². The van der Waals surface area contributed by atoms with E-state index in [2.05, 4.69) is 15.1 Å². The number of aromatic nitrogens is 3. The minimum Gasteiger partial charge on any atom is -0.367 e. The summed E-state index contributed by atoms with van der Waals surface area (Å²) in [5, 5.41) is 3.78. The summed E-state index contributed by atoms with van der Waals surface area (Å²) in [6.45, 7) is 6.47. The van der Waals surface area contributed by atoms with Gasteiger partial charge in [0.05, 0.1) is 11.3 Å². The maximum absolute atomic E-state index is 14.1. The van der Waals surface area contributed by atoms with E-state index in [-0.39, 0.29) is 29.7 Å². The van der Waals surface area contributed by atoms with Gasteiger partial charge in [-0.15, -0.1) is 0 Å². The Balaban J connectivity index is 1.63. The van der Waals surface area contributed by atoms with E-state index < -0.39 is 10.0 Å². The molecule has 0 amide bonds. The molecule has 2 aromatic heterocycles. The lowest BCUT2D eigenvalue weighted by Crippen LogP contribution is -2.49. The second kappa shape index (κ2) is 7.27. The molecule has 3 aromatic rings. The zero-order chi connectivity index (χ0) is 20.8. The van der Waals surface area contributed by atoms with Crippen LogP contribution in [-0.2, 0) is 10.0 Å². The van der Waals surface area contributed by atoms with Crippen molar-refractivity contribution in [2.75, 3.05) is 31.1 Å². The van der Waals surface area contributed by atoms with Crippen LogP contribution in [-0.4, -0.2) is 54.0 Å². The molecule has 1 aliphatic heterocycles. The molecule has 0 bridgehead atoms. The molecule has 1 saturated heterocycles. The molecule has 1 aromatic carbocycles. The molecule has 0 spiro atoms. The molecule has 154 valence electrons. The molecular formula is C19H22FN5O3S. The number of hydrogen-bond acceptors (Lipinski definition) is 6. The van der Waals surface area contributed by atoms with Crippen LogP contribution in [0.3, 0.4) is 0 Å². The monoisotopic (exact) mass is 419 g/mol. The Morgan fingerprint density at radius 3 is 2.38 bits per heavy atom. The fraction of sp³-hybridized carbons (Fsp3) is 0.368. The normalized spacial score (nSPS) is 15.8. The number of anilines is 1. The molecule has 10 heteroatoms. The summed E-state index contributed by atoms with van der Waals surface area (Å²) in [5.41, 5.74) is 2.06. The number of hydrogen-bond donors (Lipinski definition) is 1. The quantitative estimate of drug-likeness (QED) is 0.699. The molecule has 1 fully saturated rings. The van der Waals surface area contributed by atoms with Gasteiger partial charge in [-0.25, -0.2) is 12.8 Å². The van der Waals surface area contributed by atoms with E-state index in [4.69, 9.17) is 4.52 Å². The molecule has 0 unspecified atom stereocenters. The van der Waals surface area contributed by atoms with Crippen molar-refractivity contribution >= 4 is 15.7 Å². The van der Waals surface area contributed by atoms with Crippen LogP contribution in [0.15, 0.2) is 33.7 Å². The van der Waals surface area contributed by atoms with Crippen molar-refractivity contribution in [2.45, 2.75) is 25.7 Å². The Labute approximate surface area is 168 Å². The molecule has 0 saturated carbocycles. The van der Waals surface area contributed by atoms with Crippen LogP contribution >= 0.6 is 0 Å². The summed E-state index contributed by atoms with van der Waals surface area (Å²) in [6, 6.07) is 6.52. The van der Waals surface area contributed by atoms with Crippen molar-refractivity contribution in [1.29, 1.82) is 0 Å². The van der Waals surface area contributed by atoms with E-state index in [1.165, 1.54) is 10.4 Å². The highest BCUT2D eigenvalue weighted by atomic mass is 32.2. The SMILES string of the molecule is Cc1noc(-c2c(C)[nH]c(C)c2S(=O)(=O)N2CCN(c3ccccc3F)CC2)n1. The van der Waals surface area contributed by atoms with Crippen molar-refractivity contribution in [3.05, 3.63) is 47.3 Å². The lowest BCUT2D eigenvalue weighted by molar-refractivity contribution is 0.382. The first kappa shape index (κ1) is 19.6. The van der Waals surface area contributed by atoms with Gasteiger partial charge < -0.3 is 14.4 Å². The summed E-state index contributed by atoms with van der Waals surface area (Å²) in [4.78, 5) is 9.29. The first-order valence-corrected chi connectivity index (χ1v) is 10.7. The van der Waals surface area contributed by atoms with Crippen LogP contribution in [0.1, 0.15) is 17.2 Å². The second-order valence-electron chi connectivity index (χ2n) is 7.07. The Kier molecular flexibility index (Phi) is 4.91. The number of sulfonamides is 1. The fourth-order valence-corrected chi connectivity index (χ4v) is 5.58.